The summed E-state index contributed by atoms with van der Waals surface area (Å²) in [5.41, 5.74) is 0.506. The van der Waals surface area contributed by atoms with Gasteiger partial charge in [0.05, 0.1) is 7.11 Å². The number of carbonyl (C=O) groups is 1. The Hall–Kier alpha value is -1.45. The molecule has 0 bridgehead atoms. The first kappa shape index (κ1) is 11.6. The highest BCUT2D eigenvalue weighted by atomic mass is 19.2. The molecule has 0 saturated heterocycles. The van der Waals surface area contributed by atoms with Gasteiger partial charge in [-0.1, -0.05) is 0 Å². The number of rotatable bonds is 4. The van der Waals surface area contributed by atoms with Gasteiger partial charge in [0.25, 0.3) is 0 Å². The van der Waals surface area contributed by atoms with E-state index in [1.807, 2.05) is 0 Å². The Kier molecular flexibility index (Phi) is 3.77. The number of hydrogen-bond donors (Lipinski definition) is 0. The minimum atomic E-state index is -0.946. The Bertz CT molecular complexity index is 375. The maximum atomic E-state index is 12.9. The minimum absolute atomic E-state index is 0.00165. The smallest absolute Gasteiger partial charge is 0.162 e. The van der Waals surface area contributed by atoms with Gasteiger partial charge in [0.2, 0.25) is 0 Å². The maximum absolute atomic E-state index is 12.9. The largest absolute Gasteiger partial charge is 0.496 e. The second kappa shape index (κ2) is 4.87. The molecule has 0 amide bonds. The van der Waals surface area contributed by atoms with Gasteiger partial charge in [0, 0.05) is 12.5 Å². The molecule has 0 N–H and O–H groups in total. The lowest BCUT2D eigenvalue weighted by molar-refractivity contribution is -0.116. The molecule has 1 rings (SSSR count). The summed E-state index contributed by atoms with van der Waals surface area (Å²) in [7, 11) is 1.38. The van der Waals surface area contributed by atoms with Gasteiger partial charge in [0.15, 0.2) is 11.6 Å². The fourth-order valence-electron chi connectivity index (χ4n) is 1.27. The number of hydrogen-bond acceptors (Lipinski definition) is 2. The molecule has 0 spiro atoms. The zero-order chi connectivity index (χ0) is 11.4. The first-order chi connectivity index (χ1) is 7.04. The molecule has 0 unspecified atom stereocenters. The van der Waals surface area contributed by atoms with Crippen molar-refractivity contribution in [3.8, 4) is 5.75 Å². The monoisotopic (exact) mass is 214 g/mol. The van der Waals surface area contributed by atoms with Gasteiger partial charge in [-0.3, -0.25) is 0 Å². The van der Waals surface area contributed by atoms with Crippen LogP contribution in [0.1, 0.15) is 18.9 Å². The first-order valence-electron chi connectivity index (χ1n) is 4.56. The molecule has 0 heterocycles. The summed E-state index contributed by atoms with van der Waals surface area (Å²) in [6.07, 6.45) is 0.650. The molecule has 15 heavy (non-hydrogen) atoms. The van der Waals surface area contributed by atoms with Crippen molar-refractivity contribution in [2.45, 2.75) is 19.8 Å². The van der Waals surface area contributed by atoms with Gasteiger partial charge in [-0.25, -0.2) is 8.78 Å². The van der Waals surface area contributed by atoms with E-state index in [0.717, 1.165) is 12.1 Å². The van der Waals surface area contributed by atoms with E-state index in [1.165, 1.54) is 14.0 Å². The van der Waals surface area contributed by atoms with Crippen molar-refractivity contribution in [3.05, 3.63) is 29.3 Å². The van der Waals surface area contributed by atoms with Gasteiger partial charge >= 0.3 is 0 Å². The zero-order valence-corrected chi connectivity index (χ0v) is 8.64. The van der Waals surface area contributed by atoms with Crippen molar-refractivity contribution in [2.24, 2.45) is 0 Å². The molecule has 1 aromatic rings. The molecule has 0 aromatic heterocycles. The maximum Gasteiger partial charge on any atom is 0.162 e. The molecule has 0 aliphatic heterocycles. The Morgan fingerprint density at radius 2 is 1.93 bits per heavy atom. The zero-order valence-electron chi connectivity index (χ0n) is 8.64. The lowest BCUT2D eigenvalue weighted by atomic mass is 10.1. The fourth-order valence-corrected chi connectivity index (χ4v) is 1.27. The second-order valence-corrected chi connectivity index (χ2v) is 3.28. The number of carbonyl (C=O) groups excluding carboxylic acids is 1. The van der Waals surface area contributed by atoms with E-state index >= 15 is 0 Å². The number of benzene rings is 1. The molecule has 0 atom stereocenters. The predicted octanol–water partition coefficient (Wildman–Crippen LogP) is 2.50. The van der Waals surface area contributed by atoms with Crippen LogP contribution in [0.25, 0.3) is 0 Å². The van der Waals surface area contributed by atoms with Crippen molar-refractivity contribution in [1.29, 1.82) is 0 Å². The van der Waals surface area contributed by atoms with Crippen LogP contribution < -0.4 is 4.74 Å². The molecule has 0 aliphatic carbocycles. The summed E-state index contributed by atoms with van der Waals surface area (Å²) in [5, 5.41) is 0. The topological polar surface area (TPSA) is 26.3 Å². The van der Waals surface area contributed by atoms with Crippen LogP contribution in [-0.2, 0) is 11.2 Å². The van der Waals surface area contributed by atoms with Gasteiger partial charge in [-0.15, -0.1) is 0 Å². The van der Waals surface area contributed by atoms with Crippen molar-refractivity contribution in [3.63, 3.8) is 0 Å². The summed E-state index contributed by atoms with van der Waals surface area (Å²) in [5.74, 6) is -1.59. The molecule has 4 heteroatoms. The van der Waals surface area contributed by atoms with Crippen molar-refractivity contribution in [2.75, 3.05) is 7.11 Å². The van der Waals surface area contributed by atoms with E-state index in [-0.39, 0.29) is 11.5 Å². The third kappa shape index (κ3) is 3.01. The second-order valence-electron chi connectivity index (χ2n) is 3.28. The third-order valence-corrected chi connectivity index (χ3v) is 2.07. The van der Waals surface area contributed by atoms with E-state index in [0.29, 0.717) is 18.4 Å². The van der Waals surface area contributed by atoms with E-state index in [4.69, 9.17) is 4.74 Å². The van der Waals surface area contributed by atoms with Crippen LogP contribution in [-0.4, -0.2) is 12.9 Å². The Balaban J connectivity index is 2.94. The average Bonchev–Trinajstić information content (AvgIpc) is 2.19. The molecule has 0 aliphatic rings. The first-order valence-corrected chi connectivity index (χ1v) is 4.56. The molecular weight excluding hydrogens is 202 g/mol. The third-order valence-electron chi connectivity index (χ3n) is 2.07. The van der Waals surface area contributed by atoms with Crippen LogP contribution in [0, 0.1) is 11.6 Å². The summed E-state index contributed by atoms with van der Waals surface area (Å²) in [6, 6.07) is 2.06. The molecule has 2 nitrogen and oxygen atoms in total. The fraction of sp³-hybridized carbons (Fsp3) is 0.364. The minimum Gasteiger partial charge on any atom is -0.496 e. The number of Topliss-reactive ketones (excluding diaryl/α,β-unsaturated/α-hetero) is 1. The van der Waals surface area contributed by atoms with E-state index in [2.05, 4.69) is 0 Å². The number of halogens is 2. The van der Waals surface area contributed by atoms with Crippen LogP contribution in [0.2, 0.25) is 0 Å². The Morgan fingerprint density at radius 1 is 1.33 bits per heavy atom. The summed E-state index contributed by atoms with van der Waals surface area (Å²) >= 11 is 0. The van der Waals surface area contributed by atoms with Crippen LogP contribution in [0.5, 0.6) is 5.75 Å². The number of ketones is 1. The van der Waals surface area contributed by atoms with E-state index < -0.39 is 11.6 Å². The quantitative estimate of drug-likeness (QED) is 0.769. The summed E-state index contributed by atoms with van der Waals surface area (Å²) in [4.78, 5) is 10.8. The highest BCUT2D eigenvalue weighted by molar-refractivity contribution is 5.75. The molecule has 82 valence electrons. The van der Waals surface area contributed by atoms with Crippen molar-refractivity contribution >= 4 is 5.78 Å². The Labute approximate surface area is 86.9 Å². The summed E-state index contributed by atoms with van der Waals surface area (Å²) in [6.45, 7) is 1.45. The highest BCUT2D eigenvalue weighted by Gasteiger charge is 2.10. The van der Waals surface area contributed by atoms with Gasteiger partial charge in [-0.2, -0.15) is 0 Å². The Morgan fingerprint density at radius 3 is 2.47 bits per heavy atom. The average molecular weight is 214 g/mol. The van der Waals surface area contributed by atoms with Gasteiger partial charge in [0.1, 0.15) is 11.5 Å². The summed E-state index contributed by atoms with van der Waals surface area (Å²) < 4.78 is 30.6. The van der Waals surface area contributed by atoms with Gasteiger partial charge in [-0.05, 0) is 25.0 Å². The SMILES string of the molecule is COc1cc(F)c(F)cc1CCC(C)=O. The number of ether oxygens (including phenoxy) is 1. The van der Waals surface area contributed by atoms with E-state index in [9.17, 15) is 13.6 Å². The normalized spacial score (nSPS) is 10.1. The van der Waals surface area contributed by atoms with Crippen LogP contribution >= 0.6 is 0 Å². The molecule has 0 saturated carbocycles. The van der Waals surface area contributed by atoms with Crippen LogP contribution in [0.15, 0.2) is 12.1 Å². The van der Waals surface area contributed by atoms with Crippen LogP contribution in [0.3, 0.4) is 0 Å². The van der Waals surface area contributed by atoms with Crippen LogP contribution in [0.4, 0.5) is 8.78 Å². The van der Waals surface area contributed by atoms with Crippen molar-refractivity contribution in [1.82, 2.24) is 0 Å². The predicted molar refractivity (Wildman–Crippen MR) is 51.9 cm³/mol. The standard InChI is InChI=1S/C11H12F2O2/c1-7(14)3-4-8-5-9(12)10(13)6-11(8)15-2/h5-6H,3-4H2,1-2H3. The molecule has 0 fully saturated rings. The lowest BCUT2D eigenvalue weighted by Gasteiger charge is -2.08. The van der Waals surface area contributed by atoms with E-state index in [1.54, 1.807) is 0 Å². The highest BCUT2D eigenvalue weighted by Crippen LogP contribution is 2.23. The molecular formula is C11H12F2O2. The molecule has 1 aromatic carbocycles. The number of aryl methyl sites for hydroxylation is 1. The lowest BCUT2D eigenvalue weighted by Crippen LogP contribution is -1.99. The molecule has 0 radical (unpaired) electrons. The van der Waals surface area contributed by atoms with Crippen molar-refractivity contribution < 1.29 is 18.3 Å². The van der Waals surface area contributed by atoms with Gasteiger partial charge < -0.3 is 9.53 Å². The number of methoxy groups -OCH3 is 1.